The van der Waals surface area contributed by atoms with Crippen molar-refractivity contribution in [3.63, 3.8) is 0 Å². The van der Waals surface area contributed by atoms with Crippen LogP contribution in [0.2, 0.25) is 0 Å². The van der Waals surface area contributed by atoms with Gasteiger partial charge in [-0.2, -0.15) is 10.2 Å². The fraction of sp³-hybridized carbons (Fsp3) is 0.405. The van der Waals surface area contributed by atoms with Gasteiger partial charge in [-0.05, 0) is 85.5 Å². The Morgan fingerprint density at radius 2 is 1.52 bits per heavy atom. The number of nitrogens with zero attached hydrogens (tertiary/aromatic N) is 8. The summed E-state index contributed by atoms with van der Waals surface area (Å²) >= 11 is 0. The summed E-state index contributed by atoms with van der Waals surface area (Å²) in [4.78, 5) is 21.7. The molecule has 0 aliphatic carbocycles. The monoisotopic (exact) mass is 684 g/mol. The molecule has 0 unspecified atom stereocenters. The Labute approximate surface area is 289 Å². The van der Waals surface area contributed by atoms with E-state index in [9.17, 15) is 13.6 Å². The molecule has 2 aliphatic rings. The van der Waals surface area contributed by atoms with Crippen LogP contribution in [0.25, 0.3) is 5.69 Å². The molecule has 2 fully saturated rings. The van der Waals surface area contributed by atoms with Gasteiger partial charge in [0, 0.05) is 43.5 Å². The second kappa shape index (κ2) is 14.4. The van der Waals surface area contributed by atoms with Crippen LogP contribution < -0.4 is 20.2 Å². The molecule has 3 aromatic carbocycles. The lowest BCUT2D eigenvalue weighted by molar-refractivity contribution is -0.0183. The van der Waals surface area contributed by atoms with Gasteiger partial charge in [-0.3, -0.25) is 0 Å². The van der Waals surface area contributed by atoms with E-state index in [4.69, 9.17) is 9.47 Å². The van der Waals surface area contributed by atoms with Crippen LogP contribution in [0.3, 0.4) is 0 Å². The van der Waals surface area contributed by atoms with E-state index in [-0.39, 0.29) is 17.6 Å². The molecular formula is C37H42F2N8O3. The maximum atomic E-state index is 14.2. The van der Waals surface area contributed by atoms with Crippen molar-refractivity contribution in [2.45, 2.75) is 51.3 Å². The second-order valence-electron chi connectivity index (χ2n) is 13.1. The quantitative estimate of drug-likeness (QED) is 0.168. The minimum Gasteiger partial charge on any atom is -0.493 e. The standard InChI is InChI=1S/C37H42F2N8O3/c1-3-29(4-2)47-36(48)46(26-42-47)32-8-6-30(7-9-32)43-15-17-44(18-16-43)31-10-12-33(13-11-31)49-21-27-20-37(50-22-27,23-45-25-40-24-41-45)28-5-14-34(38)35(39)19-28/h5-14,19,24-27,29H,3-4,15-18,20-23H2,1-2H3/t27-,37+/m0/s1. The number of halogens is 2. The minimum absolute atomic E-state index is 0.0431. The zero-order valence-corrected chi connectivity index (χ0v) is 28.4. The first-order valence-electron chi connectivity index (χ1n) is 17.3. The highest BCUT2D eigenvalue weighted by Crippen LogP contribution is 2.41. The topological polar surface area (TPSA) is 95.5 Å². The number of benzene rings is 3. The van der Waals surface area contributed by atoms with Crippen LogP contribution in [0.1, 0.15) is 44.7 Å². The highest BCUT2D eigenvalue weighted by Gasteiger charge is 2.43. The average Bonchev–Trinajstić information content (AvgIpc) is 3.91. The third-order valence-electron chi connectivity index (χ3n) is 9.99. The SMILES string of the molecule is CCC(CC)n1ncn(-c2ccc(N3CCN(c4ccc(OC[C@H]5CO[C@](Cn6cncn6)(c6ccc(F)c(F)c6)C5)cc4)CC3)cc2)c1=O. The molecule has 7 rings (SSSR count). The van der Waals surface area contributed by atoms with Crippen molar-refractivity contribution in [1.82, 2.24) is 29.1 Å². The van der Waals surface area contributed by atoms with Crippen molar-refractivity contribution in [3.8, 4) is 11.4 Å². The van der Waals surface area contributed by atoms with Gasteiger partial charge in [0.25, 0.3) is 0 Å². The lowest BCUT2D eigenvalue weighted by atomic mass is 9.87. The molecule has 0 radical (unpaired) electrons. The summed E-state index contributed by atoms with van der Waals surface area (Å²) in [6.45, 7) is 8.82. The molecule has 0 saturated carbocycles. The number of anilines is 2. The molecule has 13 heteroatoms. The molecule has 0 spiro atoms. The zero-order valence-electron chi connectivity index (χ0n) is 28.4. The highest BCUT2D eigenvalue weighted by atomic mass is 19.2. The van der Waals surface area contributed by atoms with E-state index in [1.165, 1.54) is 12.4 Å². The van der Waals surface area contributed by atoms with Crippen LogP contribution in [0, 0.1) is 17.6 Å². The molecule has 11 nitrogen and oxygen atoms in total. The molecule has 0 amide bonds. The van der Waals surface area contributed by atoms with Gasteiger partial charge < -0.3 is 19.3 Å². The fourth-order valence-corrected chi connectivity index (χ4v) is 7.12. The first-order valence-corrected chi connectivity index (χ1v) is 17.3. The molecular weight excluding hydrogens is 642 g/mol. The molecule has 0 bridgehead atoms. The van der Waals surface area contributed by atoms with Gasteiger partial charge in [0.15, 0.2) is 11.6 Å². The van der Waals surface area contributed by atoms with E-state index < -0.39 is 17.2 Å². The van der Waals surface area contributed by atoms with Gasteiger partial charge >= 0.3 is 5.69 Å². The third kappa shape index (κ3) is 6.87. The van der Waals surface area contributed by atoms with E-state index in [0.717, 1.165) is 67.9 Å². The van der Waals surface area contributed by atoms with Crippen molar-refractivity contribution < 1.29 is 18.3 Å². The summed E-state index contributed by atoms with van der Waals surface area (Å²) in [5.41, 5.74) is 2.66. The van der Waals surface area contributed by atoms with Crippen LogP contribution >= 0.6 is 0 Å². The summed E-state index contributed by atoms with van der Waals surface area (Å²) in [5, 5.41) is 8.57. The van der Waals surface area contributed by atoms with Crippen LogP contribution in [0.4, 0.5) is 20.2 Å². The summed E-state index contributed by atoms with van der Waals surface area (Å²) in [6.07, 6.45) is 6.93. The second-order valence-corrected chi connectivity index (χ2v) is 13.1. The number of piperazine rings is 1. The van der Waals surface area contributed by atoms with Crippen molar-refractivity contribution in [3.05, 3.63) is 113 Å². The van der Waals surface area contributed by atoms with Gasteiger partial charge in [0.2, 0.25) is 0 Å². The van der Waals surface area contributed by atoms with Gasteiger partial charge in [-0.15, -0.1) is 0 Å². The first kappa shape index (κ1) is 33.5. The van der Waals surface area contributed by atoms with Crippen LogP contribution in [-0.4, -0.2) is 68.5 Å². The predicted molar refractivity (Wildman–Crippen MR) is 186 cm³/mol. The van der Waals surface area contributed by atoms with Crippen LogP contribution in [0.15, 0.2) is 90.5 Å². The Balaban J connectivity index is 0.921. The van der Waals surface area contributed by atoms with Gasteiger partial charge in [0.1, 0.15) is 30.3 Å². The number of ether oxygens (including phenoxy) is 2. The van der Waals surface area contributed by atoms with Gasteiger partial charge in [-0.25, -0.2) is 32.5 Å². The van der Waals surface area contributed by atoms with E-state index in [2.05, 4.69) is 63.1 Å². The molecule has 2 aromatic heterocycles. The van der Waals surface area contributed by atoms with Gasteiger partial charge in [-0.1, -0.05) is 19.9 Å². The average molecular weight is 685 g/mol. The van der Waals surface area contributed by atoms with Crippen molar-refractivity contribution in [1.29, 1.82) is 0 Å². The highest BCUT2D eigenvalue weighted by molar-refractivity contribution is 5.54. The molecule has 262 valence electrons. The van der Waals surface area contributed by atoms with E-state index in [0.29, 0.717) is 31.7 Å². The fourth-order valence-electron chi connectivity index (χ4n) is 7.12. The van der Waals surface area contributed by atoms with E-state index in [1.54, 1.807) is 32.7 Å². The van der Waals surface area contributed by atoms with Gasteiger partial charge in [0.05, 0.1) is 31.5 Å². The summed E-state index contributed by atoms with van der Waals surface area (Å²) in [5.74, 6) is -0.994. The molecule has 5 aromatic rings. The van der Waals surface area contributed by atoms with E-state index >= 15 is 0 Å². The van der Waals surface area contributed by atoms with Crippen LogP contribution in [0.5, 0.6) is 5.75 Å². The molecule has 4 heterocycles. The zero-order chi connectivity index (χ0) is 34.7. The van der Waals surface area contributed by atoms with Crippen molar-refractivity contribution in [2.24, 2.45) is 5.92 Å². The van der Waals surface area contributed by atoms with Crippen molar-refractivity contribution >= 4 is 11.4 Å². The van der Waals surface area contributed by atoms with E-state index in [1.807, 2.05) is 24.3 Å². The molecule has 2 atom stereocenters. The van der Waals surface area contributed by atoms with Crippen molar-refractivity contribution in [2.75, 3.05) is 49.2 Å². The molecule has 2 saturated heterocycles. The first-order chi connectivity index (χ1) is 24.4. The third-order valence-corrected chi connectivity index (χ3v) is 9.99. The number of aromatic nitrogens is 6. The lowest BCUT2D eigenvalue weighted by Crippen LogP contribution is -2.46. The Morgan fingerprint density at radius 3 is 2.14 bits per heavy atom. The Kier molecular flexibility index (Phi) is 9.66. The smallest absolute Gasteiger partial charge is 0.350 e. The number of hydrogen-bond donors (Lipinski definition) is 0. The summed E-state index contributed by atoms with van der Waals surface area (Å²) < 4.78 is 45.3. The van der Waals surface area contributed by atoms with Crippen LogP contribution in [-0.2, 0) is 16.9 Å². The number of hydrogen-bond acceptors (Lipinski definition) is 8. The largest absolute Gasteiger partial charge is 0.493 e. The minimum atomic E-state index is -0.907. The molecule has 0 N–H and O–H groups in total. The Bertz CT molecular complexity index is 1920. The lowest BCUT2D eigenvalue weighted by Gasteiger charge is -2.37. The normalized spacial score (nSPS) is 19.4. The Hall–Kier alpha value is -5.04. The Morgan fingerprint density at radius 1 is 0.860 bits per heavy atom. The molecule has 2 aliphatic heterocycles. The molecule has 50 heavy (non-hydrogen) atoms. The maximum Gasteiger partial charge on any atom is 0.350 e. The predicted octanol–water partition coefficient (Wildman–Crippen LogP) is 5.60. The summed E-state index contributed by atoms with van der Waals surface area (Å²) in [7, 11) is 0. The maximum absolute atomic E-state index is 14.2. The number of rotatable bonds is 12. The summed E-state index contributed by atoms with van der Waals surface area (Å²) in [6, 6.07) is 20.3.